The summed E-state index contributed by atoms with van der Waals surface area (Å²) in [7, 11) is 0. The Morgan fingerprint density at radius 3 is 2.95 bits per heavy atom. The predicted molar refractivity (Wildman–Crippen MR) is 86.7 cm³/mol. The van der Waals surface area contributed by atoms with Gasteiger partial charge in [-0.1, -0.05) is 24.3 Å². The fourth-order valence-electron chi connectivity index (χ4n) is 2.44. The van der Waals surface area contributed by atoms with Crippen molar-refractivity contribution in [3.63, 3.8) is 0 Å². The van der Waals surface area contributed by atoms with E-state index in [0.29, 0.717) is 17.1 Å². The van der Waals surface area contributed by atoms with E-state index in [4.69, 9.17) is 0 Å². The second-order valence-corrected chi connectivity index (χ2v) is 6.02. The number of rotatable bonds is 4. The molecule has 5 heteroatoms. The Kier molecular flexibility index (Phi) is 3.86. The van der Waals surface area contributed by atoms with Crippen molar-refractivity contribution in [2.24, 2.45) is 0 Å². The SMILES string of the molecule is Cc1ccccc1[C@H](C)NCc1nc2ccsc2c(=O)[nH]1. The van der Waals surface area contributed by atoms with Crippen molar-refractivity contribution >= 4 is 21.6 Å². The van der Waals surface area contributed by atoms with Crippen molar-refractivity contribution in [3.8, 4) is 0 Å². The number of fused-ring (bicyclic) bond motifs is 1. The lowest BCUT2D eigenvalue weighted by molar-refractivity contribution is 0.557. The van der Waals surface area contributed by atoms with Crippen LogP contribution >= 0.6 is 11.3 Å². The zero-order valence-corrected chi connectivity index (χ0v) is 12.8. The fraction of sp³-hybridized carbons (Fsp3) is 0.250. The Morgan fingerprint density at radius 1 is 1.33 bits per heavy atom. The highest BCUT2D eigenvalue weighted by atomic mass is 32.1. The normalized spacial score (nSPS) is 12.7. The quantitative estimate of drug-likeness (QED) is 0.778. The molecule has 1 aromatic carbocycles. The number of nitrogens with zero attached hydrogens (tertiary/aromatic N) is 1. The minimum atomic E-state index is -0.0599. The van der Waals surface area contributed by atoms with Crippen LogP contribution < -0.4 is 10.9 Å². The van der Waals surface area contributed by atoms with Gasteiger partial charge in [0.25, 0.3) is 5.56 Å². The van der Waals surface area contributed by atoms with E-state index in [9.17, 15) is 4.79 Å². The average Bonchev–Trinajstić information content (AvgIpc) is 2.94. The van der Waals surface area contributed by atoms with Crippen LogP contribution in [-0.4, -0.2) is 9.97 Å². The fourth-order valence-corrected chi connectivity index (χ4v) is 3.16. The van der Waals surface area contributed by atoms with Crippen molar-refractivity contribution in [1.29, 1.82) is 0 Å². The van der Waals surface area contributed by atoms with E-state index in [0.717, 1.165) is 5.52 Å². The molecule has 0 aliphatic rings. The monoisotopic (exact) mass is 299 g/mol. The van der Waals surface area contributed by atoms with Crippen molar-refractivity contribution < 1.29 is 0 Å². The molecule has 108 valence electrons. The number of benzene rings is 1. The molecule has 0 saturated carbocycles. The van der Waals surface area contributed by atoms with Crippen LogP contribution in [-0.2, 0) is 6.54 Å². The Balaban J connectivity index is 1.77. The zero-order valence-electron chi connectivity index (χ0n) is 12.0. The smallest absolute Gasteiger partial charge is 0.268 e. The number of thiophene rings is 1. The molecule has 0 amide bonds. The lowest BCUT2D eigenvalue weighted by atomic mass is 10.0. The van der Waals surface area contributed by atoms with Gasteiger partial charge in [-0.05, 0) is 36.4 Å². The topological polar surface area (TPSA) is 57.8 Å². The molecule has 0 aliphatic heterocycles. The standard InChI is InChI=1S/C16H17N3OS/c1-10-5-3-4-6-12(10)11(2)17-9-14-18-13-7-8-21-15(13)16(20)19-14/h3-8,11,17H,9H2,1-2H3,(H,18,19,20)/t11-/m0/s1. The molecule has 0 saturated heterocycles. The van der Waals surface area contributed by atoms with Crippen LogP contribution in [0.2, 0.25) is 0 Å². The molecular weight excluding hydrogens is 282 g/mol. The van der Waals surface area contributed by atoms with E-state index >= 15 is 0 Å². The maximum absolute atomic E-state index is 11.9. The third-order valence-corrected chi connectivity index (χ3v) is 4.50. The Bertz CT molecular complexity index is 822. The maximum atomic E-state index is 11.9. The van der Waals surface area contributed by atoms with E-state index < -0.39 is 0 Å². The first-order chi connectivity index (χ1) is 10.1. The van der Waals surface area contributed by atoms with Crippen LogP contribution in [0.5, 0.6) is 0 Å². The molecule has 0 radical (unpaired) electrons. The summed E-state index contributed by atoms with van der Waals surface area (Å²) >= 11 is 1.42. The number of aryl methyl sites for hydroxylation is 1. The molecule has 1 atom stereocenters. The summed E-state index contributed by atoms with van der Waals surface area (Å²) in [5, 5.41) is 5.30. The van der Waals surface area contributed by atoms with Gasteiger partial charge in [-0.2, -0.15) is 0 Å². The number of aromatic amines is 1. The Labute approximate surface area is 126 Å². The second kappa shape index (κ2) is 5.79. The van der Waals surface area contributed by atoms with E-state index in [1.165, 1.54) is 22.5 Å². The molecule has 0 fully saturated rings. The highest BCUT2D eigenvalue weighted by molar-refractivity contribution is 7.17. The van der Waals surface area contributed by atoms with Crippen LogP contribution in [0.25, 0.3) is 10.2 Å². The Hall–Kier alpha value is -1.98. The van der Waals surface area contributed by atoms with Crippen molar-refractivity contribution in [2.45, 2.75) is 26.4 Å². The Morgan fingerprint density at radius 2 is 2.14 bits per heavy atom. The first-order valence-corrected chi connectivity index (χ1v) is 7.78. The highest BCUT2D eigenvalue weighted by Crippen LogP contribution is 2.17. The van der Waals surface area contributed by atoms with E-state index in [-0.39, 0.29) is 11.6 Å². The largest absolute Gasteiger partial charge is 0.308 e. The number of hydrogen-bond acceptors (Lipinski definition) is 4. The zero-order chi connectivity index (χ0) is 14.8. The highest BCUT2D eigenvalue weighted by Gasteiger charge is 2.09. The van der Waals surface area contributed by atoms with Gasteiger partial charge in [0.15, 0.2) is 0 Å². The first-order valence-electron chi connectivity index (χ1n) is 6.90. The summed E-state index contributed by atoms with van der Waals surface area (Å²) in [5.41, 5.74) is 3.23. The summed E-state index contributed by atoms with van der Waals surface area (Å²) in [6, 6.07) is 10.4. The summed E-state index contributed by atoms with van der Waals surface area (Å²) in [6.07, 6.45) is 0. The van der Waals surface area contributed by atoms with Gasteiger partial charge in [0.2, 0.25) is 0 Å². The number of H-pyrrole nitrogens is 1. The van der Waals surface area contributed by atoms with Gasteiger partial charge in [0.1, 0.15) is 10.5 Å². The van der Waals surface area contributed by atoms with Crippen LogP contribution in [0, 0.1) is 6.92 Å². The molecule has 3 aromatic rings. The number of hydrogen-bond donors (Lipinski definition) is 2. The van der Waals surface area contributed by atoms with Gasteiger partial charge < -0.3 is 10.3 Å². The minimum Gasteiger partial charge on any atom is -0.308 e. The number of aromatic nitrogens is 2. The molecule has 4 nitrogen and oxygen atoms in total. The third-order valence-electron chi connectivity index (χ3n) is 3.59. The molecule has 21 heavy (non-hydrogen) atoms. The van der Waals surface area contributed by atoms with Crippen molar-refractivity contribution in [1.82, 2.24) is 15.3 Å². The van der Waals surface area contributed by atoms with E-state index in [1.54, 1.807) is 0 Å². The van der Waals surface area contributed by atoms with Gasteiger partial charge in [-0.25, -0.2) is 4.98 Å². The van der Waals surface area contributed by atoms with Gasteiger partial charge in [-0.3, -0.25) is 4.79 Å². The van der Waals surface area contributed by atoms with Gasteiger partial charge >= 0.3 is 0 Å². The molecule has 2 N–H and O–H groups in total. The van der Waals surface area contributed by atoms with Crippen molar-refractivity contribution in [3.05, 3.63) is 63.0 Å². The molecule has 2 heterocycles. The van der Waals surface area contributed by atoms with Gasteiger partial charge in [0.05, 0.1) is 12.1 Å². The summed E-state index contributed by atoms with van der Waals surface area (Å²) in [6.45, 7) is 4.76. The van der Waals surface area contributed by atoms with Crippen LogP contribution in [0.1, 0.15) is 29.9 Å². The summed E-state index contributed by atoms with van der Waals surface area (Å²) in [5.74, 6) is 0.673. The predicted octanol–water partition coefficient (Wildman–Crippen LogP) is 3.14. The summed E-state index contributed by atoms with van der Waals surface area (Å²) in [4.78, 5) is 19.2. The minimum absolute atomic E-state index is 0.0599. The van der Waals surface area contributed by atoms with E-state index in [1.807, 2.05) is 23.6 Å². The van der Waals surface area contributed by atoms with Gasteiger partial charge in [-0.15, -0.1) is 11.3 Å². The number of nitrogens with one attached hydrogen (secondary N) is 2. The van der Waals surface area contributed by atoms with Gasteiger partial charge in [0, 0.05) is 6.04 Å². The summed E-state index contributed by atoms with van der Waals surface area (Å²) < 4.78 is 0.686. The molecule has 2 aromatic heterocycles. The lowest BCUT2D eigenvalue weighted by Gasteiger charge is -2.16. The van der Waals surface area contributed by atoms with Crippen LogP contribution in [0.15, 0.2) is 40.5 Å². The third kappa shape index (κ3) is 2.89. The van der Waals surface area contributed by atoms with Crippen molar-refractivity contribution in [2.75, 3.05) is 0 Å². The molecule has 0 aliphatic carbocycles. The molecule has 3 rings (SSSR count). The van der Waals surface area contributed by atoms with Crippen LogP contribution in [0.3, 0.4) is 0 Å². The average molecular weight is 299 g/mol. The second-order valence-electron chi connectivity index (χ2n) is 5.11. The van der Waals surface area contributed by atoms with Crippen LogP contribution in [0.4, 0.5) is 0 Å². The first kappa shape index (κ1) is 14.0. The maximum Gasteiger partial charge on any atom is 0.268 e. The molecule has 0 unspecified atom stereocenters. The molecule has 0 spiro atoms. The van der Waals surface area contributed by atoms with E-state index in [2.05, 4.69) is 41.3 Å². The molecule has 0 bridgehead atoms. The molecular formula is C16H17N3OS. The lowest BCUT2D eigenvalue weighted by Crippen LogP contribution is -2.22.